The highest BCUT2D eigenvalue weighted by molar-refractivity contribution is 7.91. The van der Waals surface area contributed by atoms with Gasteiger partial charge in [0.1, 0.15) is 5.52 Å². The monoisotopic (exact) mass is 531 g/mol. The van der Waals surface area contributed by atoms with E-state index in [0.29, 0.717) is 28.4 Å². The number of aromatic nitrogens is 1. The normalized spacial score (nSPS) is 12.0. The van der Waals surface area contributed by atoms with Crippen molar-refractivity contribution < 1.29 is 21.6 Å². The summed E-state index contributed by atoms with van der Waals surface area (Å²) in [6, 6.07) is 12.9. The van der Waals surface area contributed by atoms with Crippen molar-refractivity contribution in [3.05, 3.63) is 48.5 Å². The Labute approximate surface area is 204 Å². The maximum Gasteiger partial charge on any atom is 0.229 e. The van der Waals surface area contributed by atoms with Crippen molar-refractivity contribution in [2.45, 2.75) is 16.2 Å². The first-order valence-corrected chi connectivity index (χ1v) is 14.2. The molecule has 1 amide bonds. The molecule has 0 spiro atoms. The summed E-state index contributed by atoms with van der Waals surface area (Å²) in [4.78, 5) is 21.2. The van der Waals surface area contributed by atoms with E-state index in [1.807, 2.05) is 19.0 Å². The lowest BCUT2D eigenvalue weighted by atomic mass is 10.3. The highest BCUT2D eigenvalue weighted by atomic mass is 35.5. The molecule has 2 aromatic carbocycles. The topological polar surface area (TPSA) is 105 Å². The van der Waals surface area contributed by atoms with Crippen LogP contribution in [0.1, 0.15) is 6.42 Å². The van der Waals surface area contributed by atoms with Crippen LogP contribution in [-0.2, 0) is 24.5 Å². The highest BCUT2D eigenvalue weighted by Crippen LogP contribution is 2.33. The predicted octanol–water partition coefficient (Wildman–Crippen LogP) is 2.88. The number of halogens is 1. The Morgan fingerprint density at radius 1 is 0.970 bits per heavy atom. The number of fused-ring (bicyclic) bond motifs is 1. The average Bonchev–Trinajstić information content (AvgIpc) is 3.16. The lowest BCUT2D eigenvalue weighted by molar-refractivity contribution is -0.118. The second-order valence-corrected chi connectivity index (χ2v) is 12.7. The fourth-order valence-corrected chi connectivity index (χ4v) is 6.24. The zero-order valence-corrected chi connectivity index (χ0v) is 21.7. The standard InChI is InChI=1S/C21H25N3O5S3.ClH/c1-23(2)13-14-24(19(25)12-15-32(28,29)16-8-5-4-6-9-16)21-22-20-17(30-21)10-7-11-18(20)31(3,26)27;/h4-11H,12-15H2,1-3H3;1H. The van der Waals surface area contributed by atoms with Gasteiger partial charge in [-0.1, -0.05) is 35.6 Å². The molecule has 180 valence electrons. The van der Waals surface area contributed by atoms with Crippen LogP contribution in [0.5, 0.6) is 0 Å². The summed E-state index contributed by atoms with van der Waals surface area (Å²) in [5.41, 5.74) is 0.314. The van der Waals surface area contributed by atoms with Crippen LogP contribution in [0.25, 0.3) is 10.2 Å². The molecule has 12 heteroatoms. The fraction of sp³-hybridized carbons (Fsp3) is 0.333. The Hall–Kier alpha value is -2.05. The number of thiazole rings is 1. The molecule has 3 rings (SSSR count). The van der Waals surface area contributed by atoms with Gasteiger partial charge in [0.05, 0.1) is 20.2 Å². The second kappa shape index (κ2) is 10.9. The van der Waals surface area contributed by atoms with Gasteiger partial charge in [0, 0.05) is 25.8 Å². The van der Waals surface area contributed by atoms with Crippen molar-refractivity contribution in [1.29, 1.82) is 0 Å². The number of benzene rings is 2. The van der Waals surface area contributed by atoms with E-state index < -0.39 is 19.7 Å². The smallest absolute Gasteiger partial charge is 0.229 e. The molecule has 33 heavy (non-hydrogen) atoms. The van der Waals surface area contributed by atoms with Gasteiger partial charge < -0.3 is 4.90 Å². The van der Waals surface area contributed by atoms with E-state index in [1.165, 1.54) is 34.4 Å². The third kappa shape index (κ3) is 6.73. The SMILES string of the molecule is CN(C)CCN(C(=O)CCS(=O)(=O)c1ccccc1)c1nc2c(S(C)(=O)=O)cccc2s1.Cl. The number of hydrogen-bond acceptors (Lipinski definition) is 8. The van der Waals surface area contributed by atoms with Crippen LogP contribution in [0.3, 0.4) is 0 Å². The minimum absolute atomic E-state index is 0. The van der Waals surface area contributed by atoms with Gasteiger partial charge in [-0.05, 0) is 38.4 Å². The highest BCUT2D eigenvalue weighted by Gasteiger charge is 2.24. The van der Waals surface area contributed by atoms with Gasteiger partial charge in [0.15, 0.2) is 24.8 Å². The Morgan fingerprint density at radius 3 is 2.24 bits per heavy atom. The lowest BCUT2D eigenvalue weighted by Crippen LogP contribution is -2.37. The zero-order valence-electron chi connectivity index (χ0n) is 18.5. The molecule has 0 bridgehead atoms. The summed E-state index contributed by atoms with van der Waals surface area (Å²) in [6.45, 7) is 0.831. The van der Waals surface area contributed by atoms with Crippen molar-refractivity contribution in [1.82, 2.24) is 9.88 Å². The van der Waals surface area contributed by atoms with Gasteiger partial charge in [0.25, 0.3) is 0 Å². The van der Waals surface area contributed by atoms with Crippen LogP contribution in [0.2, 0.25) is 0 Å². The van der Waals surface area contributed by atoms with E-state index in [1.54, 1.807) is 30.3 Å². The fourth-order valence-electron chi connectivity index (χ4n) is 3.06. The Morgan fingerprint density at radius 2 is 1.64 bits per heavy atom. The molecule has 0 fully saturated rings. The zero-order chi connectivity index (χ0) is 23.5. The minimum Gasteiger partial charge on any atom is -0.308 e. The maximum absolute atomic E-state index is 13.1. The third-order valence-electron chi connectivity index (χ3n) is 4.76. The van der Waals surface area contributed by atoms with Crippen LogP contribution in [0.4, 0.5) is 5.13 Å². The van der Waals surface area contributed by atoms with Crippen LogP contribution in [0, 0.1) is 0 Å². The van der Waals surface area contributed by atoms with Crippen LogP contribution >= 0.6 is 23.7 Å². The minimum atomic E-state index is -3.61. The number of carbonyl (C=O) groups excluding carboxylic acids is 1. The number of rotatable bonds is 9. The number of para-hydroxylation sites is 1. The number of likely N-dealkylation sites (N-methyl/N-ethyl adjacent to an activating group) is 1. The first-order chi connectivity index (χ1) is 15.0. The molecule has 1 aromatic heterocycles. The molecule has 0 saturated carbocycles. The van der Waals surface area contributed by atoms with E-state index in [4.69, 9.17) is 0 Å². The maximum atomic E-state index is 13.1. The Bertz CT molecular complexity index is 1320. The molecular weight excluding hydrogens is 506 g/mol. The van der Waals surface area contributed by atoms with Crippen molar-refractivity contribution >= 4 is 64.7 Å². The summed E-state index contributed by atoms with van der Waals surface area (Å²) < 4.78 is 50.1. The van der Waals surface area contributed by atoms with Crippen molar-refractivity contribution in [3.63, 3.8) is 0 Å². The summed E-state index contributed by atoms with van der Waals surface area (Å²) in [7, 11) is -3.37. The number of nitrogens with zero attached hydrogens (tertiary/aromatic N) is 3. The van der Waals surface area contributed by atoms with Crippen molar-refractivity contribution in [2.24, 2.45) is 0 Å². The Kier molecular flexibility index (Phi) is 9.00. The van der Waals surface area contributed by atoms with Crippen molar-refractivity contribution in [2.75, 3.05) is 44.1 Å². The molecule has 1 heterocycles. The third-order valence-corrected chi connectivity index (χ3v) is 8.66. The number of carbonyl (C=O) groups is 1. The van der Waals surface area contributed by atoms with E-state index in [9.17, 15) is 21.6 Å². The molecule has 0 unspecified atom stereocenters. The lowest BCUT2D eigenvalue weighted by Gasteiger charge is -2.22. The van der Waals surface area contributed by atoms with Gasteiger partial charge in [-0.2, -0.15) is 0 Å². The van der Waals surface area contributed by atoms with E-state index in [-0.39, 0.29) is 40.3 Å². The molecule has 0 N–H and O–H groups in total. The molecule has 0 saturated heterocycles. The van der Waals surface area contributed by atoms with Gasteiger partial charge >= 0.3 is 0 Å². The number of amides is 1. The summed E-state index contributed by atoms with van der Waals surface area (Å²) in [5, 5.41) is 0.347. The number of hydrogen-bond donors (Lipinski definition) is 0. The summed E-state index contributed by atoms with van der Waals surface area (Å²) in [5.74, 6) is -0.709. The summed E-state index contributed by atoms with van der Waals surface area (Å²) in [6.07, 6.45) is 0.906. The molecular formula is C21H26ClN3O5S3. The first-order valence-electron chi connectivity index (χ1n) is 9.81. The second-order valence-electron chi connectivity index (χ2n) is 7.60. The van der Waals surface area contributed by atoms with E-state index >= 15 is 0 Å². The van der Waals surface area contributed by atoms with Crippen LogP contribution in [-0.4, -0.2) is 71.8 Å². The van der Waals surface area contributed by atoms with Crippen molar-refractivity contribution in [3.8, 4) is 0 Å². The number of sulfone groups is 2. The first kappa shape index (κ1) is 27.2. The molecule has 0 radical (unpaired) electrons. The largest absolute Gasteiger partial charge is 0.308 e. The molecule has 3 aromatic rings. The van der Waals surface area contributed by atoms with Gasteiger partial charge in [-0.15, -0.1) is 12.4 Å². The molecule has 0 aliphatic heterocycles. The molecule has 0 aliphatic carbocycles. The Balaban J connectivity index is 0.00000385. The van der Waals surface area contributed by atoms with Crippen LogP contribution in [0.15, 0.2) is 58.3 Å². The van der Waals surface area contributed by atoms with Gasteiger partial charge in [-0.25, -0.2) is 21.8 Å². The van der Waals surface area contributed by atoms with Crippen LogP contribution < -0.4 is 4.90 Å². The molecule has 0 aliphatic rings. The summed E-state index contributed by atoms with van der Waals surface area (Å²) >= 11 is 1.21. The average molecular weight is 532 g/mol. The molecule has 8 nitrogen and oxygen atoms in total. The van der Waals surface area contributed by atoms with Gasteiger partial charge in [-0.3, -0.25) is 9.69 Å². The van der Waals surface area contributed by atoms with Gasteiger partial charge in [0.2, 0.25) is 5.91 Å². The molecule has 0 atom stereocenters. The van der Waals surface area contributed by atoms with E-state index in [2.05, 4.69) is 4.98 Å². The van der Waals surface area contributed by atoms with E-state index in [0.717, 1.165) is 6.26 Å². The quantitative estimate of drug-likeness (QED) is 0.418. The predicted molar refractivity (Wildman–Crippen MR) is 134 cm³/mol. The number of anilines is 1.